The maximum absolute atomic E-state index is 14.6. The average Bonchev–Trinajstić information content (AvgIpc) is 4.08. The van der Waals surface area contributed by atoms with E-state index in [1.807, 2.05) is 39.8 Å². The molecule has 0 radical (unpaired) electrons. The number of fused-ring (bicyclic) bond motifs is 2. The van der Waals surface area contributed by atoms with Gasteiger partial charge in [-0.2, -0.15) is 0 Å². The Balaban J connectivity index is 0.000000211. The predicted molar refractivity (Wildman–Crippen MR) is 267 cm³/mol. The van der Waals surface area contributed by atoms with Crippen molar-refractivity contribution in [3.63, 3.8) is 0 Å². The Labute approximate surface area is 420 Å². The molecule has 4 aromatic carbocycles. The van der Waals surface area contributed by atoms with Crippen LogP contribution in [0.4, 0.5) is 20.2 Å². The van der Waals surface area contributed by atoms with Gasteiger partial charge in [-0.1, -0.05) is 45.8 Å². The molecule has 2 unspecified atom stereocenters. The van der Waals surface area contributed by atoms with Crippen molar-refractivity contribution in [1.82, 2.24) is 40.6 Å². The van der Waals surface area contributed by atoms with E-state index in [-0.39, 0.29) is 41.3 Å². The second-order valence-corrected chi connectivity index (χ2v) is 17.4. The summed E-state index contributed by atoms with van der Waals surface area (Å²) in [5.74, 6) is -3.33. The molecule has 376 valence electrons. The fourth-order valence-electron chi connectivity index (χ4n) is 8.11. The number of hydrogen-bond donors (Lipinski definition) is 4. The van der Waals surface area contributed by atoms with Crippen LogP contribution in [0.3, 0.4) is 0 Å². The van der Waals surface area contributed by atoms with Gasteiger partial charge in [-0.25, -0.2) is 27.7 Å². The summed E-state index contributed by atoms with van der Waals surface area (Å²) in [4.78, 5) is 55.4. The van der Waals surface area contributed by atoms with Crippen molar-refractivity contribution >= 4 is 68.3 Å². The van der Waals surface area contributed by atoms with E-state index in [2.05, 4.69) is 41.1 Å². The molecular weight excluding hydrogens is 978 g/mol. The van der Waals surface area contributed by atoms with Crippen LogP contribution in [-0.4, -0.2) is 91.3 Å². The first kappa shape index (κ1) is 52.3. The fraction of sp³-hybridized carbons (Fsp3) is 0.280. The van der Waals surface area contributed by atoms with Crippen LogP contribution in [0.2, 0.25) is 10.0 Å². The summed E-state index contributed by atoms with van der Waals surface area (Å²) in [6, 6.07) is 21.1. The number of amides is 2. The Kier molecular flexibility index (Phi) is 16.5. The smallest absolute Gasteiger partial charge is 0.349 e. The Morgan fingerprint density at radius 1 is 0.639 bits per heavy atom. The number of halogens is 4. The summed E-state index contributed by atoms with van der Waals surface area (Å²) < 4.78 is 41.6. The fourth-order valence-corrected chi connectivity index (χ4v) is 8.69. The van der Waals surface area contributed by atoms with Gasteiger partial charge in [0.2, 0.25) is 0 Å². The number of anilines is 2. The van der Waals surface area contributed by atoms with E-state index in [1.54, 1.807) is 42.6 Å². The van der Waals surface area contributed by atoms with Gasteiger partial charge in [-0.15, -0.1) is 10.2 Å². The topological polar surface area (TPSA) is 227 Å². The van der Waals surface area contributed by atoms with Crippen LogP contribution in [-0.2, 0) is 24.3 Å². The number of carbonyl (C=O) groups is 2. The van der Waals surface area contributed by atoms with Crippen LogP contribution in [0.1, 0.15) is 59.5 Å². The Hall–Kier alpha value is -7.52. The minimum atomic E-state index is -2.03. The standard InChI is InChI=1S/C25H25Cl2N5O4.C25H25F2N5O4/c2*1-3-31(4-2)18-7-5-16-11-19(24(34)36-22(16)13-18)23(33)28-14-25(35,15-32-10-9-29-30-32)20-8-6-17(26)12-21(20)27/h2*5-13,35H,3-4,14-15H2,1-2H3,(H,28,33). The molecule has 22 heteroatoms. The van der Waals surface area contributed by atoms with Crippen molar-refractivity contribution in [1.29, 1.82) is 0 Å². The zero-order valence-electron chi connectivity index (χ0n) is 39.5. The van der Waals surface area contributed by atoms with Gasteiger partial charge in [0, 0.05) is 100 Å². The molecule has 18 nitrogen and oxygen atoms in total. The van der Waals surface area contributed by atoms with Crippen molar-refractivity contribution in [3.8, 4) is 0 Å². The largest absolute Gasteiger partial charge is 0.422 e. The molecule has 0 bridgehead atoms. The number of nitrogens with one attached hydrogen (secondary N) is 2. The molecule has 0 spiro atoms. The third kappa shape index (κ3) is 12.0. The van der Waals surface area contributed by atoms with Crippen LogP contribution in [0.5, 0.6) is 0 Å². The monoisotopic (exact) mass is 1030 g/mol. The predicted octanol–water partition coefficient (Wildman–Crippen LogP) is 6.68. The molecule has 0 saturated heterocycles. The number of carbonyl (C=O) groups excluding carboxylic acids is 2. The van der Waals surface area contributed by atoms with Gasteiger partial charge in [0.05, 0.1) is 38.6 Å². The highest BCUT2D eigenvalue weighted by molar-refractivity contribution is 6.35. The van der Waals surface area contributed by atoms with Crippen molar-refractivity contribution < 1.29 is 37.4 Å². The molecular formula is C50H50Cl2F2N10O8. The Morgan fingerprint density at radius 2 is 1.10 bits per heavy atom. The molecule has 4 heterocycles. The second kappa shape index (κ2) is 22.7. The highest BCUT2D eigenvalue weighted by atomic mass is 35.5. The first-order valence-corrected chi connectivity index (χ1v) is 23.5. The van der Waals surface area contributed by atoms with E-state index in [1.165, 1.54) is 46.2 Å². The molecule has 2 amide bonds. The van der Waals surface area contributed by atoms with Gasteiger partial charge < -0.3 is 39.5 Å². The summed E-state index contributed by atoms with van der Waals surface area (Å²) in [5.41, 5.74) is -3.20. The zero-order valence-corrected chi connectivity index (χ0v) is 41.0. The maximum atomic E-state index is 14.6. The Bertz CT molecular complexity index is 3100. The highest BCUT2D eigenvalue weighted by Crippen LogP contribution is 2.32. The van der Waals surface area contributed by atoms with E-state index in [4.69, 9.17) is 32.0 Å². The molecule has 4 N–H and O–H groups in total. The number of benzene rings is 4. The van der Waals surface area contributed by atoms with Gasteiger partial charge in [-0.05, 0) is 82.3 Å². The second-order valence-electron chi connectivity index (χ2n) is 16.6. The summed E-state index contributed by atoms with van der Waals surface area (Å²) in [7, 11) is 0. The van der Waals surface area contributed by atoms with E-state index < -0.39 is 52.4 Å². The number of rotatable bonds is 18. The van der Waals surface area contributed by atoms with Crippen LogP contribution < -0.4 is 31.7 Å². The SMILES string of the molecule is CCN(CC)c1ccc2cc(C(=O)NCC(O)(Cn3ccnn3)c3ccc(Cl)cc3Cl)c(=O)oc2c1.CCN(CC)c1ccc2cc(C(=O)NCC(O)(Cn3ccnn3)c3ccc(F)cc3F)c(=O)oc2c1. The first-order valence-electron chi connectivity index (χ1n) is 22.7. The van der Waals surface area contributed by atoms with Crippen molar-refractivity contribution in [3.05, 3.63) is 174 Å². The van der Waals surface area contributed by atoms with Gasteiger partial charge in [0.25, 0.3) is 11.8 Å². The average molecular weight is 1030 g/mol. The first-order chi connectivity index (χ1) is 34.5. The molecule has 0 aliphatic heterocycles. The number of hydrogen-bond acceptors (Lipinski definition) is 14. The molecule has 72 heavy (non-hydrogen) atoms. The van der Waals surface area contributed by atoms with E-state index in [0.717, 1.165) is 49.7 Å². The summed E-state index contributed by atoms with van der Waals surface area (Å²) in [6.07, 6.45) is 5.85. The normalized spacial score (nSPS) is 12.9. The minimum Gasteiger partial charge on any atom is -0.422 e. The van der Waals surface area contributed by atoms with Gasteiger partial charge in [-0.3, -0.25) is 9.59 Å². The molecule has 0 aliphatic rings. The van der Waals surface area contributed by atoms with E-state index in [9.17, 15) is 38.2 Å². The van der Waals surface area contributed by atoms with Gasteiger partial charge in [0.15, 0.2) is 0 Å². The van der Waals surface area contributed by atoms with Crippen molar-refractivity contribution in [2.45, 2.75) is 52.0 Å². The van der Waals surface area contributed by atoms with E-state index in [0.29, 0.717) is 38.6 Å². The third-order valence-corrected chi connectivity index (χ3v) is 12.5. The third-order valence-electron chi connectivity index (χ3n) is 11.9. The summed E-state index contributed by atoms with van der Waals surface area (Å²) >= 11 is 12.4. The molecule has 4 aromatic heterocycles. The zero-order chi connectivity index (χ0) is 51.7. The lowest BCUT2D eigenvalue weighted by molar-refractivity contribution is 0.0116. The summed E-state index contributed by atoms with van der Waals surface area (Å²) in [6.45, 7) is 10.1. The quantitative estimate of drug-likeness (QED) is 0.0658. The molecule has 2 atom stereocenters. The maximum Gasteiger partial charge on any atom is 0.349 e. The number of aromatic nitrogens is 6. The lowest BCUT2D eigenvalue weighted by Crippen LogP contribution is -2.45. The van der Waals surface area contributed by atoms with Crippen LogP contribution >= 0.6 is 23.2 Å². The molecule has 8 rings (SSSR count). The minimum absolute atomic E-state index is 0.0604. The van der Waals surface area contributed by atoms with Crippen molar-refractivity contribution in [2.24, 2.45) is 0 Å². The molecule has 0 saturated carbocycles. The lowest BCUT2D eigenvalue weighted by atomic mass is 9.92. The molecule has 8 aromatic rings. The molecule has 0 aliphatic carbocycles. The van der Waals surface area contributed by atoms with Gasteiger partial charge >= 0.3 is 11.3 Å². The highest BCUT2D eigenvalue weighted by Gasteiger charge is 2.36. The van der Waals surface area contributed by atoms with Gasteiger partial charge in [0.1, 0.15) is 45.1 Å². The van der Waals surface area contributed by atoms with Crippen LogP contribution in [0.25, 0.3) is 21.9 Å². The number of aliphatic hydroxyl groups is 2. The van der Waals surface area contributed by atoms with E-state index >= 15 is 0 Å². The summed E-state index contributed by atoms with van der Waals surface area (Å²) in [5, 5.41) is 44.8. The van der Waals surface area contributed by atoms with Crippen LogP contribution in [0, 0.1) is 11.6 Å². The number of nitrogens with zero attached hydrogens (tertiary/aromatic N) is 8. The molecule has 0 fully saturated rings. The van der Waals surface area contributed by atoms with Crippen LogP contribution in [0.15, 0.2) is 128 Å². The lowest BCUT2D eigenvalue weighted by Gasteiger charge is -2.29. The Morgan fingerprint density at radius 3 is 1.51 bits per heavy atom. The van der Waals surface area contributed by atoms with Crippen molar-refractivity contribution in [2.75, 3.05) is 49.1 Å².